The minimum absolute atomic E-state index is 0. The Morgan fingerprint density at radius 1 is 0.731 bits per heavy atom. The van der Waals surface area contributed by atoms with Gasteiger partial charge in [0.15, 0.2) is 5.60 Å². The molecule has 26 heavy (non-hydrogen) atoms. The predicted octanol–water partition coefficient (Wildman–Crippen LogP) is 1.61. The van der Waals surface area contributed by atoms with Crippen LogP contribution < -0.4 is 0 Å². The van der Waals surface area contributed by atoms with E-state index in [1.165, 1.54) is 0 Å². The van der Waals surface area contributed by atoms with Crippen molar-refractivity contribution in [3.8, 4) is 0 Å². The molecule has 0 aromatic carbocycles. The van der Waals surface area contributed by atoms with Gasteiger partial charge in [0.25, 0.3) is 0 Å². The van der Waals surface area contributed by atoms with Crippen LogP contribution in [-0.4, -0.2) is 86.2 Å². The van der Waals surface area contributed by atoms with Crippen LogP contribution in [0, 0.1) is 0 Å². The molecule has 0 bridgehead atoms. The van der Waals surface area contributed by atoms with E-state index in [-0.39, 0.29) is 57.6 Å². The van der Waals surface area contributed by atoms with E-state index in [1.54, 1.807) is 0 Å². The Kier molecular flexibility index (Phi) is 18.0. The summed E-state index contributed by atoms with van der Waals surface area (Å²) in [6.45, 7) is 6.35. The standard InChI is InChI=1S/C18H32O7.Ca.2H/c1-4-7-10-23-15(19)13-18(22,17(21)25-12-9-6-3)14-16(20)24-11-8-5-2;;;/h22H,4-14H2,1-3H3;;;. The van der Waals surface area contributed by atoms with Crippen molar-refractivity contribution in [3.05, 3.63) is 0 Å². The number of carbonyl (C=O) groups excluding carboxylic acids is 3. The molecule has 0 radical (unpaired) electrons. The zero-order valence-corrected chi connectivity index (χ0v) is 15.7. The third-order valence-electron chi connectivity index (χ3n) is 3.51. The Balaban J connectivity index is 0. The summed E-state index contributed by atoms with van der Waals surface area (Å²) in [5.41, 5.74) is -2.26. The van der Waals surface area contributed by atoms with Gasteiger partial charge >= 0.3 is 55.6 Å². The molecule has 0 rings (SSSR count). The summed E-state index contributed by atoms with van der Waals surface area (Å²) in [4.78, 5) is 35.9. The number of aliphatic hydroxyl groups is 1. The second kappa shape index (κ2) is 16.8. The Morgan fingerprint density at radius 3 is 1.42 bits per heavy atom. The second-order valence-electron chi connectivity index (χ2n) is 6.02. The molecule has 8 heteroatoms. The molecule has 0 spiro atoms. The van der Waals surface area contributed by atoms with Crippen LogP contribution in [0.4, 0.5) is 0 Å². The van der Waals surface area contributed by atoms with Gasteiger partial charge in [-0.15, -0.1) is 0 Å². The average molecular weight is 403 g/mol. The first-order chi connectivity index (χ1) is 11.9. The van der Waals surface area contributed by atoms with E-state index in [0.717, 1.165) is 19.3 Å². The molecule has 0 aromatic rings. The van der Waals surface area contributed by atoms with Gasteiger partial charge in [0.1, 0.15) is 0 Å². The van der Waals surface area contributed by atoms with Crippen LogP contribution in [0.5, 0.6) is 0 Å². The number of unbranched alkanes of at least 4 members (excludes halogenated alkanes) is 3. The molecule has 0 heterocycles. The first kappa shape index (κ1) is 27.8. The van der Waals surface area contributed by atoms with Crippen LogP contribution in [0.2, 0.25) is 0 Å². The van der Waals surface area contributed by atoms with E-state index in [1.807, 2.05) is 20.8 Å². The quantitative estimate of drug-likeness (QED) is 0.204. The van der Waals surface area contributed by atoms with Crippen LogP contribution in [-0.2, 0) is 28.6 Å². The summed E-state index contributed by atoms with van der Waals surface area (Å²) in [5.74, 6) is -2.49. The zero-order valence-electron chi connectivity index (χ0n) is 15.7. The predicted molar refractivity (Wildman–Crippen MR) is 100 cm³/mol. The zero-order chi connectivity index (χ0) is 19.1. The Labute approximate surface area is 186 Å². The molecular formula is C18H34CaO7. The third kappa shape index (κ3) is 12.9. The van der Waals surface area contributed by atoms with Crippen LogP contribution in [0.3, 0.4) is 0 Å². The maximum absolute atomic E-state index is 12.2. The Bertz CT molecular complexity index is 388. The van der Waals surface area contributed by atoms with Crippen LogP contribution >= 0.6 is 0 Å². The fourth-order valence-electron chi connectivity index (χ4n) is 1.89. The number of rotatable bonds is 14. The third-order valence-corrected chi connectivity index (χ3v) is 3.51. The number of ether oxygens (including phenoxy) is 3. The second-order valence-corrected chi connectivity index (χ2v) is 6.02. The molecule has 0 fully saturated rings. The van der Waals surface area contributed by atoms with E-state index in [4.69, 9.17) is 14.2 Å². The van der Waals surface area contributed by atoms with Crippen molar-refractivity contribution < 1.29 is 33.7 Å². The van der Waals surface area contributed by atoms with Crippen molar-refractivity contribution in [2.75, 3.05) is 19.8 Å². The normalized spacial score (nSPS) is 10.6. The average Bonchev–Trinajstić information content (AvgIpc) is 2.55. The molecule has 150 valence electrons. The SMILES string of the molecule is CCCCOC(=O)CC(O)(CC(=O)OCCCC)C(=O)OCCCC.[CaH2]. The van der Waals surface area contributed by atoms with Gasteiger partial charge in [0.05, 0.1) is 32.7 Å². The monoisotopic (exact) mass is 402 g/mol. The van der Waals surface area contributed by atoms with Crippen LogP contribution in [0.1, 0.15) is 72.1 Å². The van der Waals surface area contributed by atoms with Gasteiger partial charge in [-0.05, 0) is 19.3 Å². The van der Waals surface area contributed by atoms with Crippen molar-refractivity contribution in [3.63, 3.8) is 0 Å². The summed E-state index contributed by atoms with van der Waals surface area (Å²) in [7, 11) is 0. The van der Waals surface area contributed by atoms with Crippen molar-refractivity contribution in [1.29, 1.82) is 0 Å². The molecule has 0 saturated heterocycles. The molecule has 7 nitrogen and oxygen atoms in total. The van der Waals surface area contributed by atoms with Gasteiger partial charge in [-0.3, -0.25) is 9.59 Å². The number of hydrogen-bond donors (Lipinski definition) is 1. The molecule has 0 unspecified atom stereocenters. The van der Waals surface area contributed by atoms with E-state index in [9.17, 15) is 19.5 Å². The van der Waals surface area contributed by atoms with Gasteiger partial charge < -0.3 is 19.3 Å². The van der Waals surface area contributed by atoms with Crippen LogP contribution in [0.15, 0.2) is 0 Å². The molecular weight excluding hydrogens is 368 g/mol. The van der Waals surface area contributed by atoms with E-state index in [0.29, 0.717) is 19.3 Å². The molecule has 0 aromatic heterocycles. The van der Waals surface area contributed by atoms with E-state index >= 15 is 0 Å². The first-order valence-electron chi connectivity index (χ1n) is 9.10. The van der Waals surface area contributed by atoms with E-state index < -0.39 is 36.4 Å². The first-order valence-corrected chi connectivity index (χ1v) is 9.10. The van der Waals surface area contributed by atoms with Crippen molar-refractivity contribution in [1.82, 2.24) is 0 Å². The van der Waals surface area contributed by atoms with Gasteiger partial charge in [-0.2, -0.15) is 0 Å². The molecule has 0 aliphatic carbocycles. The maximum atomic E-state index is 12.2. The van der Waals surface area contributed by atoms with Crippen molar-refractivity contribution >= 4 is 55.6 Å². The van der Waals surface area contributed by atoms with E-state index in [2.05, 4.69) is 0 Å². The van der Waals surface area contributed by atoms with Gasteiger partial charge in [-0.25, -0.2) is 4.79 Å². The number of hydrogen-bond acceptors (Lipinski definition) is 7. The summed E-state index contributed by atoms with van der Waals surface area (Å²) in [6.07, 6.45) is 3.23. The van der Waals surface area contributed by atoms with Gasteiger partial charge in [0.2, 0.25) is 0 Å². The van der Waals surface area contributed by atoms with Gasteiger partial charge in [0, 0.05) is 0 Å². The summed E-state index contributed by atoms with van der Waals surface area (Å²) in [6, 6.07) is 0. The van der Waals surface area contributed by atoms with Crippen LogP contribution in [0.25, 0.3) is 0 Å². The molecule has 0 aliphatic rings. The molecule has 0 atom stereocenters. The summed E-state index contributed by atoms with van der Waals surface area (Å²) in [5, 5.41) is 10.6. The minimum atomic E-state index is -2.26. The summed E-state index contributed by atoms with van der Waals surface area (Å²) >= 11 is 0. The van der Waals surface area contributed by atoms with Gasteiger partial charge in [-0.1, -0.05) is 40.0 Å². The molecule has 0 aliphatic heterocycles. The Morgan fingerprint density at radius 2 is 1.08 bits per heavy atom. The topological polar surface area (TPSA) is 99.1 Å². The number of carbonyl (C=O) groups is 3. The summed E-state index contributed by atoms with van der Waals surface area (Å²) < 4.78 is 14.9. The van der Waals surface area contributed by atoms with Crippen molar-refractivity contribution in [2.45, 2.75) is 77.7 Å². The number of esters is 3. The van der Waals surface area contributed by atoms with Crippen molar-refractivity contribution in [2.24, 2.45) is 0 Å². The molecule has 1 N–H and O–H groups in total. The Hall–Kier alpha value is -0.370. The fourth-order valence-corrected chi connectivity index (χ4v) is 1.89. The molecule has 0 amide bonds. The fraction of sp³-hybridized carbons (Fsp3) is 0.833. The molecule has 0 saturated carbocycles.